The van der Waals surface area contributed by atoms with Gasteiger partial charge in [-0.15, -0.1) is 0 Å². The van der Waals surface area contributed by atoms with Gasteiger partial charge in [0.2, 0.25) is 6.79 Å². The summed E-state index contributed by atoms with van der Waals surface area (Å²) in [5, 5.41) is 0. The number of fused-ring (bicyclic) bond motifs is 1. The molecule has 1 aliphatic rings. The molecule has 0 aromatic carbocycles. The van der Waals surface area contributed by atoms with Crippen LogP contribution in [0.2, 0.25) is 0 Å². The minimum absolute atomic E-state index is 0.277. The van der Waals surface area contributed by atoms with Gasteiger partial charge in [-0.2, -0.15) is 0 Å². The van der Waals surface area contributed by atoms with Crippen molar-refractivity contribution in [2.45, 2.75) is 44.9 Å². The SMILES string of the molecule is CC(C)OC(=O)OCOP(=O)(O)COC1(Cn2cnc3c(N)ncnc32)CC1. The maximum absolute atomic E-state index is 12.1. The van der Waals surface area contributed by atoms with Crippen molar-refractivity contribution < 1.29 is 33.0 Å². The van der Waals surface area contributed by atoms with Gasteiger partial charge in [-0.05, 0) is 26.7 Å². The first-order valence-corrected chi connectivity index (χ1v) is 10.3. The van der Waals surface area contributed by atoms with Crippen molar-refractivity contribution in [1.82, 2.24) is 19.5 Å². The molecule has 1 atom stereocenters. The highest BCUT2D eigenvalue weighted by molar-refractivity contribution is 7.52. The predicted molar refractivity (Wildman–Crippen MR) is 96.1 cm³/mol. The molecule has 12 nitrogen and oxygen atoms in total. The number of nitrogens with two attached hydrogens (primary N) is 1. The van der Waals surface area contributed by atoms with Crippen LogP contribution in [0, 0.1) is 0 Å². The molecule has 3 rings (SSSR count). The quantitative estimate of drug-likeness (QED) is 0.348. The Bertz CT molecular complexity index is 898. The zero-order chi connectivity index (χ0) is 20.4. The molecule has 1 unspecified atom stereocenters. The number of aromatic nitrogens is 4. The molecule has 2 aromatic rings. The molecular formula is C15H22N5O7P. The van der Waals surface area contributed by atoms with Crippen molar-refractivity contribution in [2.24, 2.45) is 0 Å². The van der Waals surface area contributed by atoms with E-state index in [1.807, 2.05) is 0 Å². The van der Waals surface area contributed by atoms with Crippen LogP contribution in [0.5, 0.6) is 0 Å². The van der Waals surface area contributed by atoms with Crippen LogP contribution in [-0.4, -0.2) is 55.4 Å². The molecule has 0 saturated heterocycles. The highest BCUT2D eigenvalue weighted by atomic mass is 31.2. The van der Waals surface area contributed by atoms with E-state index < -0.39 is 32.5 Å². The van der Waals surface area contributed by atoms with E-state index in [1.165, 1.54) is 6.33 Å². The fraction of sp³-hybridized carbons (Fsp3) is 0.600. The zero-order valence-electron chi connectivity index (χ0n) is 15.5. The Labute approximate surface area is 160 Å². The number of ether oxygens (including phenoxy) is 3. The van der Waals surface area contributed by atoms with Gasteiger partial charge in [0.15, 0.2) is 11.5 Å². The standard InChI is InChI=1S/C15H22N5O7P/c1-10(2)27-14(21)24-8-26-28(22,23)9-25-15(3-4-15)5-20-7-19-11-12(16)17-6-18-13(11)20/h6-7,10H,3-5,8-9H2,1-2H3,(H,22,23)(H2,16,17,18). The number of anilines is 1. The van der Waals surface area contributed by atoms with Crippen molar-refractivity contribution >= 4 is 30.7 Å². The van der Waals surface area contributed by atoms with E-state index in [0.29, 0.717) is 30.6 Å². The number of hydrogen-bond donors (Lipinski definition) is 2. The van der Waals surface area contributed by atoms with Gasteiger partial charge in [0, 0.05) is 0 Å². The average Bonchev–Trinajstić information content (AvgIpc) is 3.25. The van der Waals surface area contributed by atoms with Crippen LogP contribution in [0.3, 0.4) is 0 Å². The van der Waals surface area contributed by atoms with Crippen molar-refractivity contribution in [1.29, 1.82) is 0 Å². The lowest BCUT2D eigenvalue weighted by atomic mass is 10.3. The Kier molecular flexibility index (Phi) is 5.84. The second-order valence-electron chi connectivity index (χ2n) is 6.71. The summed E-state index contributed by atoms with van der Waals surface area (Å²) in [5.41, 5.74) is 6.20. The molecule has 1 saturated carbocycles. The highest BCUT2D eigenvalue weighted by Crippen LogP contribution is 2.48. The van der Waals surface area contributed by atoms with Crippen molar-refractivity contribution in [3.8, 4) is 0 Å². The van der Waals surface area contributed by atoms with Gasteiger partial charge in [0.25, 0.3) is 0 Å². The molecule has 28 heavy (non-hydrogen) atoms. The van der Waals surface area contributed by atoms with Crippen LogP contribution in [0.25, 0.3) is 11.2 Å². The number of carbonyl (C=O) groups is 1. The topological polar surface area (TPSA) is 161 Å². The summed E-state index contributed by atoms with van der Waals surface area (Å²) in [6.07, 6.45) is 2.42. The third kappa shape index (κ3) is 5.16. The van der Waals surface area contributed by atoms with Crippen molar-refractivity contribution in [3.05, 3.63) is 12.7 Å². The summed E-state index contributed by atoms with van der Waals surface area (Å²) >= 11 is 0. The monoisotopic (exact) mass is 415 g/mol. The molecule has 0 aliphatic heterocycles. The number of hydrogen-bond acceptors (Lipinski definition) is 10. The van der Waals surface area contributed by atoms with Crippen LogP contribution >= 0.6 is 7.60 Å². The van der Waals surface area contributed by atoms with E-state index in [9.17, 15) is 14.3 Å². The maximum Gasteiger partial charge on any atom is 0.510 e. The minimum atomic E-state index is -4.11. The van der Waals surface area contributed by atoms with E-state index in [2.05, 4.69) is 19.7 Å². The predicted octanol–water partition coefficient (Wildman–Crippen LogP) is 1.64. The number of carbonyl (C=O) groups excluding carboxylic acids is 1. The van der Waals surface area contributed by atoms with Crippen LogP contribution in [0.15, 0.2) is 12.7 Å². The first kappa shape index (κ1) is 20.5. The average molecular weight is 415 g/mol. The second-order valence-corrected chi connectivity index (χ2v) is 8.50. The molecule has 0 amide bonds. The van der Waals surface area contributed by atoms with E-state index in [1.54, 1.807) is 24.7 Å². The minimum Gasteiger partial charge on any atom is -0.432 e. The van der Waals surface area contributed by atoms with Gasteiger partial charge in [0.1, 0.15) is 18.2 Å². The lowest BCUT2D eigenvalue weighted by molar-refractivity contribution is -0.0176. The summed E-state index contributed by atoms with van der Waals surface area (Å²) < 4.78 is 33.5. The van der Waals surface area contributed by atoms with E-state index in [4.69, 9.17) is 19.7 Å². The second kappa shape index (κ2) is 8.00. The van der Waals surface area contributed by atoms with Gasteiger partial charge in [-0.25, -0.2) is 19.7 Å². The number of rotatable bonds is 9. The smallest absolute Gasteiger partial charge is 0.432 e. The molecule has 0 bridgehead atoms. The van der Waals surface area contributed by atoms with Crippen LogP contribution in [-0.2, 0) is 29.8 Å². The van der Waals surface area contributed by atoms with Crippen molar-refractivity contribution in [3.63, 3.8) is 0 Å². The van der Waals surface area contributed by atoms with E-state index >= 15 is 0 Å². The first-order chi connectivity index (χ1) is 13.2. The highest BCUT2D eigenvalue weighted by Gasteiger charge is 2.46. The number of nitrogen functional groups attached to an aromatic ring is 1. The Morgan fingerprint density at radius 1 is 1.39 bits per heavy atom. The molecule has 3 N–H and O–H groups in total. The lowest BCUT2D eigenvalue weighted by Crippen LogP contribution is -2.23. The van der Waals surface area contributed by atoms with Crippen molar-refractivity contribution in [2.75, 3.05) is 18.9 Å². The Hall–Kier alpha value is -2.27. The van der Waals surface area contributed by atoms with Gasteiger partial charge >= 0.3 is 13.8 Å². The third-order valence-corrected chi connectivity index (χ3v) is 4.96. The van der Waals surface area contributed by atoms with E-state index in [-0.39, 0.29) is 11.9 Å². The van der Waals surface area contributed by atoms with Crippen LogP contribution in [0.4, 0.5) is 10.6 Å². The molecule has 1 aliphatic carbocycles. The van der Waals surface area contributed by atoms with Crippen LogP contribution in [0.1, 0.15) is 26.7 Å². The number of imidazole rings is 1. The first-order valence-electron chi connectivity index (χ1n) is 8.55. The Balaban J connectivity index is 1.51. The van der Waals surface area contributed by atoms with E-state index in [0.717, 1.165) is 0 Å². The molecule has 0 spiro atoms. The number of nitrogens with zero attached hydrogens (tertiary/aromatic N) is 4. The van der Waals surface area contributed by atoms with Gasteiger partial charge in [-0.3, -0.25) is 9.09 Å². The molecule has 0 radical (unpaired) electrons. The summed E-state index contributed by atoms with van der Waals surface area (Å²) in [5.74, 6) is 0.277. The van der Waals surface area contributed by atoms with Gasteiger partial charge < -0.3 is 29.4 Å². The fourth-order valence-electron chi connectivity index (χ4n) is 2.45. The molecule has 13 heteroatoms. The van der Waals surface area contributed by atoms with Gasteiger partial charge in [0.05, 0.1) is 24.6 Å². The summed E-state index contributed by atoms with van der Waals surface area (Å²) in [7, 11) is -4.11. The Morgan fingerprint density at radius 3 is 2.82 bits per heavy atom. The largest absolute Gasteiger partial charge is 0.510 e. The van der Waals surface area contributed by atoms with Crippen LogP contribution < -0.4 is 5.73 Å². The Morgan fingerprint density at radius 2 is 2.14 bits per heavy atom. The maximum atomic E-state index is 12.1. The molecule has 2 aromatic heterocycles. The lowest BCUT2D eigenvalue weighted by Gasteiger charge is -2.19. The van der Waals surface area contributed by atoms with Gasteiger partial charge in [-0.1, -0.05) is 0 Å². The molecule has 154 valence electrons. The zero-order valence-corrected chi connectivity index (χ0v) is 16.4. The normalized spacial score (nSPS) is 17.4. The molecule has 1 fully saturated rings. The molecular weight excluding hydrogens is 393 g/mol. The third-order valence-electron chi connectivity index (χ3n) is 3.99. The summed E-state index contributed by atoms with van der Waals surface area (Å²) in [4.78, 5) is 33.3. The summed E-state index contributed by atoms with van der Waals surface area (Å²) in [6, 6.07) is 0. The summed E-state index contributed by atoms with van der Waals surface area (Å²) in [6.45, 7) is 2.97. The molecule has 2 heterocycles. The fourth-order valence-corrected chi connectivity index (χ4v) is 3.18.